The van der Waals surface area contributed by atoms with Gasteiger partial charge >= 0.3 is 10.1 Å². The van der Waals surface area contributed by atoms with E-state index in [1.54, 1.807) is 37.4 Å². The largest absolute Gasteiger partial charge is 0.379 e. The third kappa shape index (κ3) is 3.48. The van der Waals surface area contributed by atoms with Gasteiger partial charge in [0.05, 0.1) is 5.60 Å². The molecule has 2 aromatic carbocycles. The molecule has 1 unspecified atom stereocenters. The van der Waals surface area contributed by atoms with E-state index in [4.69, 9.17) is 8.92 Å². The average Bonchev–Trinajstić information content (AvgIpc) is 2.55. The van der Waals surface area contributed by atoms with E-state index >= 15 is 0 Å². The monoisotopic (exact) mass is 320 g/mol. The van der Waals surface area contributed by atoms with Crippen molar-refractivity contribution in [3.8, 4) is 5.75 Å². The second kappa shape index (κ2) is 6.50. The number of methoxy groups -OCH3 is 1. The van der Waals surface area contributed by atoms with Gasteiger partial charge in [0.25, 0.3) is 0 Å². The van der Waals surface area contributed by atoms with E-state index < -0.39 is 15.7 Å². The van der Waals surface area contributed by atoms with Crippen molar-refractivity contribution in [2.75, 3.05) is 7.11 Å². The zero-order valence-electron chi connectivity index (χ0n) is 12.9. The van der Waals surface area contributed by atoms with E-state index in [1.807, 2.05) is 26.0 Å². The summed E-state index contributed by atoms with van der Waals surface area (Å²) >= 11 is 0. The zero-order chi connectivity index (χ0) is 16.2. The van der Waals surface area contributed by atoms with E-state index in [0.717, 1.165) is 12.0 Å². The molecule has 0 saturated carbocycles. The summed E-state index contributed by atoms with van der Waals surface area (Å²) in [5, 5.41) is 0. The van der Waals surface area contributed by atoms with Gasteiger partial charge in [-0.15, -0.1) is 0 Å². The Balaban J connectivity index is 2.22. The van der Waals surface area contributed by atoms with Gasteiger partial charge in [0, 0.05) is 7.11 Å². The molecule has 0 amide bonds. The van der Waals surface area contributed by atoms with Gasteiger partial charge in [0.1, 0.15) is 10.6 Å². The normalized spacial score (nSPS) is 14.3. The molecule has 118 valence electrons. The number of benzene rings is 2. The SMILES string of the molecule is CCC(C)(OC)c1ccc(OS(=O)(=O)c2ccccc2)cc1. The molecule has 2 aromatic rings. The summed E-state index contributed by atoms with van der Waals surface area (Å²) in [6.07, 6.45) is 0.812. The maximum Gasteiger partial charge on any atom is 0.339 e. The van der Waals surface area contributed by atoms with Crippen LogP contribution in [0, 0.1) is 0 Å². The van der Waals surface area contributed by atoms with Crippen LogP contribution >= 0.6 is 0 Å². The molecule has 0 radical (unpaired) electrons. The highest BCUT2D eigenvalue weighted by Gasteiger charge is 2.24. The van der Waals surface area contributed by atoms with Crippen molar-refractivity contribution >= 4 is 10.1 Å². The molecule has 0 spiro atoms. The lowest BCUT2D eigenvalue weighted by Gasteiger charge is -2.27. The van der Waals surface area contributed by atoms with E-state index in [9.17, 15) is 8.42 Å². The predicted molar refractivity (Wildman–Crippen MR) is 85.3 cm³/mol. The van der Waals surface area contributed by atoms with Gasteiger partial charge in [0.2, 0.25) is 0 Å². The number of rotatable bonds is 6. The van der Waals surface area contributed by atoms with Gasteiger partial charge in [-0.2, -0.15) is 8.42 Å². The maximum atomic E-state index is 12.1. The highest BCUT2D eigenvalue weighted by Crippen LogP contribution is 2.30. The Hall–Kier alpha value is -1.85. The van der Waals surface area contributed by atoms with Crippen molar-refractivity contribution in [2.24, 2.45) is 0 Å². The van der Waals surface area contributed by atoms with Crippen molar-refractivity contribution in [3.63, 3.8) is 0 Å². The van der Waals surface area contributed by atoms with Crippen molar-refractivity contribution in [3.05, 3.63) is 60.2 Å². The van der Waals surface area contributed by atoms with Crippen LogP contribution in [0.15, 0.2) is 59.5 Å². The van der Waals surface area contributed by atoms with Crippen LogP contribution in [0.5, 0.6) is 5.75 Å². The van der Waals surface area contributed by atoms with Crippen LogP contribution in [0.25, 0.3) is 0 Å². The van der Waals surface area contributed by atoms with Crippen LogP contribution in [-0.2, 0) is 20.5 Å². The molecule has 0 fully saturated rings. The fourth-order valence-corrected chi connectivity index (χ4v) is 3.04. The lowest BCUT2D eigenvalue weighted by Crippen LogP contribution is -2.23. The summed E-state index contributed by atoms with van der Waals surface area (Å²) < 4.78 is 35.0. The highest BCUT2D eigenvalue weighted by molar-refractivity contribution is 7.87. The van der Waals surface area contributed by atoms with Crippen LogP contribution < -0.4 is 4.18 Å². The third-order valence-corrected chi connectivity index (χ3v) is 5.09. The quantitative estimate of drug-likeness (QED) is 0.761. The molecule has 22 heavy (non-hydrogen) atoms. The summed E-state index contributed by atoms with van der Waals surface area (Å²) in [6.45, 7) is 4.03. The molecule has 0 aliphatic heterocycles. The molecular formula is C17H20O4S. The van der Waals surface area contributed by atoms with Crippen LogP contribution in [0.4, 0.5) is 0 Å². The van der Waals surface area contributed by atoms with E-state index in [0.29, 0.717) is 0 Å². The molecule has 0 aliphatic rings. The first-order valence-electron chi connectivity index (χ1n) is 7.06. The van der Waals surface area contributed by atoms with Crippen LogP contribution in [-0.4, -0.2) is 15.5 Å². The second-order valence-corrected chi connectivity index (χ2v) is 6.71. The minimum atomic E-state index is -3.80. The smallest absolute Gasteiger partial charge is 0.339 e. The van der Waals surface area contributed by atoms with Crippen molar-refractivity contribution in [1.29, 1.82) is 0 Å². The third-order valence-electron chi connectivity index (χ3n) is 3.83. The first-order valence-corrected chi connectivity index (χ1v) is 8.47. The van der Waals surface area contributed by atoms with E-state index in [2.05, 4.69) is 0 Å². The summed E-state index contributed by atoms with van der Waals surface area (Å²) in [4.78, 5) is 0.134. The molecule has 0 aliphatic carbocycles. The molecule has 1 atom stereocenters. The van der Waals surface area contributed by atoms with Crippen LogP contribution in [0.2, 0.25) is 0 Å². The van der Waals surface area contributed by atoms with Crippen LogP contribution in [0.3, 0.4) is 0 Å². The van der Waals surface area contributed by atoms with Crippen LogP contribution in [0.1, 0.15) is 25.8 Å². The summed E-state index contributed by atoms with van der Waals surface area (Å²) in [6, 6.07) is 15.0. The summed E-state index contributed by atoms with van der Waals surface area (Å²) in [5.41, 5.74) is 0.582. The Labute approximate surface area is 131 Å². The average molecular weight is 320 g/mol. The lowest BCUT2D eigenvalue weighted by atomic mass is 9.93. The molecule has 0 saturated heterocycles. The van der Waals surface area contributed by atoms with E-state index in [1.165, 1.54) is 12.1 Å². The number of hydrogen-bond donors (Lipinski definition) is 0. The molecule has 0 bridgehead atoms. The standard InChI is InChI=1S/C17H20O4S/c1-4-17(2,20-3)14-10-12-15(13-11-14)21-22(18,19)16-8-6-5-7-9-16/h5-13H,4H2,1-3H3. The van der Waals surface area contributed by atoms with Gasteiger partial charge in [-0.1, -0.05) is 37.3 Å². The Morgan fingerprint density at radius 2 is 1.59 bits per heavy atom. The molecule has 0 N–H and O–H groups in total. The van der Waals surface area contributed by atoms with Crippen molar-refractivity contribution in [2.45, 2.75) is 30.8 Å². The summed E-state index contributed by atoms with van der Waals surface area (Å²) in [5.74, 6) is 0.280. The zero-order valence-corrected chi connectivity index (χ0v) is 13.8. The van der Waals surface area contributed by atoms with Crippen molar-refractivity contribution < 1.29 is 17.3 Å². The Morgan fingerprint density at radius 3 is 2.09 bits per heavy atom. The fourth-order valence-electron chi connectivity index (χ4n) is 2.09. The van der Waals surface area contributed by atoms with Gasteiger partial charge in [0.15, 0.2) is 0 Å². The summed E-state index contributed by atoms with van der Waals surface area (Å²) in [7, 11) is -2.14. The lowest BCUT2D eigenvalue weighted by molar-refractivity contribution is -0.00141. The van der Waals surface area contributed by atoms with Gasteiger partial charge < -0.3 is 8.92 Å². The molecule has 2 rings (SSSR count). The minimum absolute atomic E-state index is 0.134. The minimum Gasteiger partial charge on any atom is -0.379 e. The molecule has 4 nitrogen and oxygen atoms in total. The Kier molecular flexibility index (Phi) is 4.88. The van der Waals surface area contributed by atoms with Crippen molar-refractivity contribution in [1.82, 2.24) is 0 Å². The fraction of sp³-hybridized carbons (Fsp3) is 0.294. The Bertz CT molecular complexity index is 702. The topological polar surface area (TPSA) is 52.6 Å². The molecule has 0 aromatic heterocycles. The number of hydrogen-bond acceptors (Lipinski definition) is 4. The van der Waals surface area contributed by atoms with Gasteiger partial charge in [-0.05, 0) is 43.2 Å². The second-order valence-electron chi connectivity index (χ2n) is 5.16. The first kappa shape index (κ1) is 16.5. The highest BCUT2D eigenvalue weighted by atomic mass is 32.2. The number of ether oxygens (including phenoxy) is 1. The molecule has 5 heteroatoms. The first-order chi connectivity index (χ1) is 10.4. The maximum absolute atomic E-state index is 12.1. The predicted octanol–water partition coefficient (Wildman–Crippen LogP) is 3.73. The molecular weight excluding hydrogens is 300 g/mol. The van der Waals surface area contributed by atoms with Gasteiger partial charge in [-0.3, -0.25) is 0 Å². The van der Waals surface area contributed by atoms with E-state index in [-0.39, 0.29) is 10.6 Å². The molecule has 0 heterocycles. The van der Waals surface area contributed by atoms with Gasteiger partial charge in [-0.25, -0.2) is 0 Å². The Morgan fingerprint density at radius 1 is 1.00 bits per heavy atom.